The molecule has 0 saturated heterocycles. The highest BCUT2D eigenvalue weighted by molar-refractivity contribution is 5.93. The Balaban J connectivity index is 1.37. The Morgan fingerprint density at radius 1 is 1.07 bits per heavy atom. The zero-order chi connectivity index (χ0) is 18.6. The number of aromatic nitrogens is 2. The Labute approximate surface area is 154 Å². The summed E-state index contributed by atoms with van der Waals surface area (Å²) in [4.78, 5) is 20.4. The van der Waals surface area contributed by atoms with Gasteiger partial charge in [-0.25, -0.2) is 14.4 Å². The van der Waals surface area contributed by atoms with Crippen molar-refractivity contribution in [3.05, 3.63) is 71.8 Å². The molecule has 0 saturated carbocycles. The van der Waals surface area contributed by atoms with E-state index in [2.05, 4.69) is 20.6 Å². The monoisotopic (exact) mass is 366 g/mol. The highest BCUT2D eigenvalue weighted by Crippen LogP contribution is 2.32. The molecule has 0 fully saturated rings. The molecule has 0 spiro atoms. The second-order valence-electron chi connectivity index (χ2n) is 5.77. The van der Waals surface area contributed by atoms with Crippen molar-refractivity contribution in [1.82, 2.24) is 15.3 Å². The molecule has 0 unspecified atom stereocenters. The van der Waals surface area contributed by atoms with Gasteiger partial charge in [-0.1, -0.05) is 18.2 Å². The zero-order valence-electron chi connectivity index (χ0n) is 14.1. The lowest BCUT2D eigenvalue weighted by Crippen LogP contribution is -2.23. The summed E-state index contributed by atoms with van der Waals surface area (Å²) in [6.45, 7) is 0.528. The van der Waals surface area contributed by atoms with Gasteiger partial charge < -0.3 is 20.1 Å². The van der Waals surface area contributed by atoms with Crippen molar-refractivity contribution < 1.29 is 18.7 Å². The SMILES string of the molecule is O=C(NCc1ccc2c(c1)OCO2)c1cnc(Nc2ccccc2F)nc1. The van der Waals surface area contributed by atoms with Crippen LogP contribution in [0.15, 0.2) is 54.9 Å². The third-order valence-corrected chi connectivity index (χ3v) is 3.92. The Morgan fingerprint density at radius 3 is 2.67 bits per heavy atom. The fraction of sp³-hybridized carbons (Fsp3) is 0.105. The van der Waals surface area contributed by atoms with Gasteiger partial charge in [-0.2, -0.15) is 0 Å². The molecule has 2 N–H and O–H groups in total. The number of carbonyl (C=O) groups is 1. The number of hydrogen-bond acceptors (Lipinski definition) is 6. The topological polar surface area (TPSA) is 85.4 Å². The number of rotatable bonds is 5. The molecule has 0 atom stereocenters. The van der Waals surface area contributed by atoms with Crippen LogP contribution in [0.2, 0.25) is 0 Å². The van der Waals surface area contributed by atoms with Gasteiger partial charge in [0.1, 0.15) is 5.82 Å². The molecule has 2 heterocycles. The molecule has 4 rings (SSSR count). The molecular formula is C19H15FN4O3. The molecule has 3 aromatic rings. The van der Waals surface area contributed by atoms with Crippen molar-refractivity contribution >= 4 is 17.5 Å². The summed E-state index contributed by atoms with van der Waals surface area (Å²) in [7, 11) is 0. The maximum atomic E-state index is 13.6. The molecule has 8 heteroatoms. The number of fused-ring (bicyclic) bond motifs is 1. The molecule has 0 radical (unpaired) electrons. The molecule has 0 bridgehead atoms. The first-order chi connectivity index (χ1) is 13.2. The smallest absolute Gasteiger partial charge is 0.254 e. The van der Waals surface area contributed by atoms with Crippen LogP contribution in [-0.2, 0) is 6.54 Å². The number of ether oxygens (including phenoxy) is 2. The third kappa shape index (κ3) is 3.79. The third-order valence-electron chi connectivity index (χ3n) is 3.92. The van der Waals surface area contributed by atoms with Crippen molar-refractivity contribution in [1.29, 1.82) is 0 Å². The van der Waals surface area contributed by atoms with Gasteiger partial charge in [0, 0.05) is 18.9 Å². The molecule has 0 aliphatic carbocycles. The van der Waals surface area contributed by atoms with Crippen LogP contribution < -0.4 is 20.1 Å². The second-order valence-corrected chi connectivity index (χ2v) is 5.77. The highest BCUT2D eigenvalue weighted by Gasteiger charge is 2.14. The minimum atomic E-state index is -0.411. The zero-order valence-corrected chi connectivity index (χ0v) is 14.1. The number of hydrogen-bond donors (Lipinski definition) is 2. The first-order valence-corrected chi connectivity index (χ1v) is 8.19. The van der Waals surface area contributed by atoms with E-state index < -0.39 is 5.82 Å². The van der Waals surface area contributed by atoms with Crippen LogP contribution in [0.3, 0.4) is 0 Å². The lowest BCUT2D eigenvalue weighted by molar-refractivity contribution is 0.0950. The van der Waals surface area contributed by atoms with Crippen molar-refractivity contribution in [3.63, 3.8) is 0 Å². The van der Waals surface area contributed by atoms with Gasteiger partial charge in [0.2, 0.25) is 12.7 Å². The Bertz CT molecular complexity index is 979. The highest BCUT2D eigenvalue weighted by atomic mass is 19.1. The molecule has 7 nitrogen and oxygen atoms in total. The summed E-state index contributed by atoms with van der Waals surface area (Å²) in [6.07, 6.45) is 2.76. The van der Waals surface area contributed by atoms with Gasteiger partial charge in [-0.3, -0.25) is 4.79 Å². The second kappa shape index (κ2) is 7.28. The van der Waals surface area contributed by atoms with Gasteiger partial charge >= 0.3 is 0 Å². The number of benzene rings is 2. The van der Waals surface area contributed by atoms with Gasteiger partial charge in [0.15, 0.2) is 11.5 Å². The van der Waals surface area contributed by atoms with E-state index in [1.807, 2.05) is 12.1 Å². The minimum Gasteiger partial charge on any atom is -0.454 e. The predicted octanol–water partition coefficient (Wildman–Crippen LogP) is 3.02. The van der Waals surface area contributed by atoms with E-state index in [4.69, 9.17) is 9.47 Å². The Morgan fingerprint density at radius 2 is 1.85 bits per heavy atom. The Kier molecular flexibility index (Phi) is 4.52. The molecule has 27 heavy (non-hydrogen) atoms. The normalized spacial score (nSPS) is 11.9. The molecular weight excluding hydrogens is 351 g/mol. The van der Waals surface area contributed by atoms with Gasteiger partial charge in [-0.05, 0) is 29.8 Å². The first-order valence-electron chi connectivity index (χ1n) is 8.19. The minimum absolute atomic E-state index is 0.201. The van der Waals surface area contributed by atoms with E-state index in [9.17, 15) is 9.18 Å². The average molecular weight is 366 g/mol. The summed E-state index contributed by atoms with van der Waals surface area (Å²) in [5.74, 6) is 0.828. The van der Waals surface area contributed by atoms with E-state index in [-0.39, 0.29) is 24.3 Å². The lowest BCUT2D eigenvalue weighted by Gasteiger charge is -2.08. The van der Waals surface area contributed by atoms with E-state index in [0.717, 1.165) is 5.56 Å². The van der Waals surface area contributed by atoms with Crippen LogP contribution >= 0.6 is 0 Å². The summed E-state index contributed by atoms with van der Waals surface area (Å²) >= 11 is 0. The van der Waals surface area contributed by atoms with Crippen LogP contribution in [0.1, 0.15) is 15.9 Å². The molecule has 2 aromatic carbocycles. The first kappa shape index (κ1) is 16.8. The maximum Gasteiger partial charge on any atom is 0.254 e. The van der Waals surface area contributed by atoms with E-state index >= 15 is 0 Å². The fourth-order valence-electron chi connectivity index (χ4n) is 2.53. The summed E-state index contributed by atoms with van der Waals surface area (Å²) in [5, 5.41) is 5.55. The number of amides is 1. The summed E-state index contributed by atoms with van der Waals surface area (Å²) < 4.78 is 24.2. The number of para-hydroxylation sites is 1. The van der Waals surface area contributed by atoms with Gasteiger partial charge in [0.05, 0.1) is 11.3 Å². The van der Waals surface area contributed by atoms with Crippen LogP contribution in [-0.4, -0.2) is 22.7 Å². The van der Waals surface area contributed by atoms with Crippen LogP contribution in [0.25, 0.3) is 0 Å². The molecule has 1 aliphatic rings. The van der Waals surface area contributed by atoms with Gasteiger partial charge in [-0.15, -0.1) is 0 Å². The summed E-state index contributed by atoms with van der Waals surface area (Å²) in [6, 6.07) is 11.7. The van der Waals surface area contributed by atoms with Crippen molar-refractivity contribution in [2.75, 3.05) is 12.1 Å². The number of nitrogens with one attached hydrogen (secondary N) is 2. The fourth-order valence-corrected chi connectivity index (χ4v) is 2.53. The Hall–Kier alpha value is -3.68. The van der Waals surface area contributed by atoms with E-state index in [0.29, 0.717) is 23.6 Å². The quantitative estimate of drug-likeness (QED) is 0.722. The van der Waals surface area contributed by atoms with Crippen LogP contribution in [0, 0.1) is 5.82 Å². The molecule has 1 aliphatic heterocycles. The average Bonchev–Trinajstić information content (AvgIpc) is 3.16. The van der Waals surface area contributed by atoms with Crippen LogP contribution in [0.4, 0.5) is 16.0 Å². The van der Waals surface area contributed by atoms with Crippen molar-refractivity contribution in [2.45, 2.75) is 6.54 Å². The largest absolute Gasteiger partial charge is 0.454 e. The summed E-state index contributed by atoms with van der Waals surface area (Å²) in [5.41, 5.74) is 1.44. The molecule has 1 aromatic heterocycles. The predicted molar refractivity (Wildman–Crippen MR) is 95.4 cm³/mol. The number of carbonyl (C=O) groups excluding carboxylic acids is 1. The van der Waals surface area contributed by atoms with E-state index in [1.165, 1.54) is 18.5 Å². The van der Waals surface area contributed by atoms with E-state index in [1.54, 1.807) is 24.3 Å². The number of anilines is 2. The lowest BCUT2D eigenvalue weighted by atomic mass is 10.2. The van der Waals surface area contributed by atoms with Crippen LogP contribution in [0.5, 0.6) is 11.5 Å². The number of nitrogens with zero attached hydrogens (tertiary/aromatic N) is 2. The van der Waals surface area contributed by atoms with Crippen molar-refractivity contribution in [3.8, 4) is 11.5 Å². The maximum absolute atomic E-state index is 13.6. The van der Waals surface area contributed by atoms with Crippen molar-refractivity contribution in [2.24, 2.45) is 0 Å². The van der Waals surface area contributed by atoms with Gasteiger partial charge in [0.25, 0.3) is 5.91 Å². The standard InChI is InChI=1S/C19H15FN4O3/c20-14-3-1-2-4-15(14)24-19-22-9-13(10-23-19)18(25)21-8-12-5-6-16-17(7-12)27-11-26-16/h1-7,9-10H,8,11H2,(H,21,25)(H,22,23,24). The molecule has 1 amide bonds. The number of halogens is 1. The molecule has 136 valence electrons.